The van der Waals surface area contributed by atoms with E-state index in [0.717, 1.165) is 24.3 Å². The van der Waals surface area contributed by atoms with E-state index in [1.165, 1.54) is 0 Å². The standard InChI is InChI=1S/C23H14ClF3N2O2/c24-16-10-11-17-18(12-16)28-20(21(30)13-4-2-1-3-5-13)19(17)29-22(31)14-6-8-15(9-7-14)23(25,26)27/h1-12,28H,(H,29,31). The number of fused-ring (bicyclic) bond motifs is 1. The van der Waals surface area contributed by atoms with Crippen molar-refractivity contribution < 1.29 is 22.8 Å². The van der Waals surface area contributed by atoms with Gasteiger partial charge in [-0.15, -0.1) is 0 Å². The van der Waals surface area contributed by atoms with E-state index in [9.17, 15) is 22.8 Å². The Hall–Kier alpha value is -3.58. The molecule has 8 heteroatoms. The lowest BCUT2D eigenvalue weighted by molar-refractivity contribution is -0.137. The molecule has 0 aliphatic carbocycles. The van der Waals surface area contributed by atoms with Crippen molar-refractivity contribution in [2.45, 2.75) is 6.18 Å². The number of hydrogen-bond donors (Lipinski definition) is 2. The first-order chi connectivity index (χ1) is 14.7. The molecule has 0 fully saturated rings. The zero-order valence-electron chi connectivity index (χ0n) is 15.8. The molecule has 0 atom stereocenters. The maximum Gasteiger partial charge on any atom is 0.416 e. The monoisotopic (exact) mass is 442 g/mol. The number of ketones is 1. The molecule has 3 aromatic carbocycles. The fraction of sp³-hybridized carbons (Fsp3) is 0.0435. The Morgan fingerprint density at radius 3 is 2.19 bits per heavy atom. The topological polar surface area (TPSA) is 62.0 Å². The molecule has 0 saturated heterocycles. The molecule has 4 nitrogen and oxygen atoms in total. The third-order valence-corrected chi connectivity index (χ3v) is 4.97. The van der Waals surface area contributed by atoms with Crippen LogP contribution < -0.4 is 5.32 Å². The van der Waals surface area contributed by atoms with Gasteiger partial charge >= 0.3 is 6.18 Å². The number of carbonyl (C=O) groups is 2. The molecule has 1 aromatic heterocycles. The van der Waals surface area contributed by atoms with E-state index in [-0.39, 0.29) is 22.7 Å². The normalized spacial score (nSPS) is 11.5. The Morgan fingerprint density at radius 1 is 0.871 bits per heavy atom. The van der Waals surface area contributed by atoms with Gasteiger partial charge in [0.15, 0.2) is 0 Å². The number of anilines is 1. The van der Waals surface area contributed by atoms with E-state index < -0.39 is 17.6 Å². The van der Waals surface area contributed by atoms with Gasteiger partial charge in [-0.3, -0.25) is 9.59 Å². The van der Waals surface area contributed by atoms with E-state index in [1.54, 1.807) is 48.5 Å². The summed E-state index contributed by atoms with van der Waals surface area (Å²) in [6, 6.07) is 17.2. The minimum atomic E-state index is -4.50. The van der Waals surface area contributed by atoms with Gasteiger partial charge in [-0.05, 0) is 42.5 Å². The fourth-order valence-electron chi connectivity index (χ4n) is 3.20. The highest BCUT2D eigenvalue weighted by molar-refractivity contribution is 6.31. The summed E-state index contributed by atoms with van der Waals surface area (Å²) in [5, 5.41) is 3.65. The van der Waals surface area contributed by atoms with Gasteiger partial charge in [0.2, 0.25) is 5.78 Å². The fourth-order valence-corrected chi connectivity index (χ4v) is 3.37. The van der Waals surface area contributed by atoms with Crippen LogP contribution in [0.2, 0.25) is 5.02 Å². The Balaban J connectivity index is 1.74. The SMILES string of the molecule is O=C(Nc1c(C(=O)c2ccccc2)[nH]c2cc(Cl)ccc12)c1ccc(C(F)(F)F)cc1. The van der Waals surface area contributed by atoms with Gasteiger partial charge in [0, 0.05) is 27.1 Å². The van der Waals surface area contributed by atoms with Crippen LogP contribution in [0.5, 0.6) is 0 Å². The Kier molecular flexibility index (Phi) is 5.29. The lowest BCUT2D eigenvalue weighted by Gasteiger charge is -2.09. The number of alkyl halides is 3. The number of carbonyl (C=O) groups excluding carboxylic acids is 2. The zero-order chi connectivity index (χ0) is 22.2. The van der Waals surface area contributed by atoms with E-state index in [1.807, 2.05) is 0 Å². The minimum absolute atomic E-state index is 0.0226. The number of aromatic amines is 1. The van der Waals surface area contributed by atoms with Gasteiger partial charge in [0.1, 0.15) is 5.69 Å². The number of aromatic nitrogens is 1. The van der Waals surface area contributed by atoms with Crippen molar-refractivity contribution in [2.24, 2.45) is 0 Å². The molecule has 1 heterocycles. The molecule has 156 valence electrons. The zero-order valence-corrected chi connectivity index (χ0v) is 16.5. The summed E-state index contributed by atoms with van der Waals surface area (Å²) >= 11 is 6.05. The van der Waals surface area contributed by atoms with Gasteiger partial charge in [0.05, 0.1) is 11.3 Å². The Bertz CT molecular complexity index is 1280. The summed E-state index contributed by atoms with van der Waals surface area (Å²) in [4.78, 5) is 28.8. The van der Waals surface area contributed by atoms with Crippen molar-refractivity contribution in [3.8, 4) is 0 Å². The van der Waals surface area contributed by atoms with Crippen LogP contribution >= 0.6 is 11.6 Å². The molecule has 0 unspecified atom stereocenters. The second-order valence-corrected chi connectivity index (χ2v) is 7.23. The highest BCUT2D eigenvalue weighted by Crippen LogP contribution is 2.32. The molecule has 4 rings (SSSR count). The number of amides is 1. The van der Waals surface area contributed by atoms with Crippen LogP contribution in [0.3, 0.4) is 0 Å². The molecule has 2 N–H and O–H groups in total. The van der Waals surface area contributed by atoms with Crippen LogP contribution in [0.15, 0.2) is 72.8 Å². The van der Waals surface area contributed by atoms with E-state index in [0.29, 0.717) is 21.5 Å². The highest BCUT2D eigenvalue weighted by atomic mass is 35.5. The van der Waals surface area contributed by atoms with Crippen molar-refractivity contribution in [3.63, 3.8) is 0 Å². The van der Waals surface area contributed by atoms with E-state index in [2.05, 4.69) is 10.3 Å². The van der Waals surface area contributed by atoms with Crippen molar-refractivity contribution in [2.75, 3.05) is 5.32 Å². The van der Waals surface area contributed by atoms with Gasteiger partial charge < -0.3 is 10.3 Å². The average molecular weight is 443 g/mol. The number of halogens is 4. The molecule has 0 aliphatic heterocycles. The number of hydrogen-bond acceptors (Lipinski definition) is 2. The van der Waals surface area contributed by atoms with Crippen LogP contribution in [-0.4, -0.2) is 16.7 Å². The van der Waals surface area contributed by atoms with Gasteiger partial charge in [-0.1, -0.05) is 41.9 Å². The lowest BCUT2D eigenvalue weighted by atomic mass is 10.1. The summed E-state index contributed by atoms with van der Waals surface area (Å²) in [6.07, 6.45) is -4.50. The van der Waals surface area contributed by atoms with E-state index >= 15 is 0 Å². The second kappa shape index (κ2) is 7.92. The summed E-state index contributed by atoms with van der Waals surface area (Å²) < 4.78 is 38.3. The first kappa shape index (κ1) is 20.7. The first-order valence-electron chi connectivity index (χ1n) is 9.13. The van der Waals surface area contributed by atoms with Gasteiger partial charge in [-0.25, -0.2) is 0 Å². The van der Waals surface area contributed by atoms with Crippen LogP contribution in [0.25, 0.3) is 10.9 Å². The minimum Gasteiger partial charge on any atom is -0.350 e. The number of H-pyrrole nitrogens is 1. The van der Waals surface area contributed by atoms with Crippen molar-refractivity contribution in [1.29, 1.82) is 0 Å². The number of benzene rings is 3. The van der Waals surface area contributed by atoms with E-state index in [4.69, 9.17) is 11.6 Å². The molecule has 31 heavy (non-hydrogen) atoms. The quantitative estimate of drug-likeness (QED) is 0.363. The van der Waals surface area contributed by atoms with Crippen LogP contribution in [-0.2, 0) is 6.18 Å². The molecule has 0 spiro atoms. The van der Waals surface area contributed by atoms with Gasteiger partial charge in [0.25, 0.3) is 5.91 Å². The predicted molar refractivity (Wildman–Crippen MR) is 113 cm³/mol. The summed E-state index contributed by atoms with van der Waals surface area (Å²) in [7, 11) is 0. The predicted octanol–water partition coefficient (Wildman–Crippen LogP) is 6.32. The Labute approximate surface area is 179 Å². The van der Waals surface area contributed by atoms with Crippen LogP contribution in [0.1, 0.15) is 32.0 Å². The number of rotatable bonds is 4. The maximum absolute atomic E-state index is 13.1. The van der Waals surface area contributed by atoms with Crippen molar-refractivity contribution in [3.05, 3.63) is 100 Å². The smallest absolute Gasteiger partial charge is 0.350 e. The molecule has 0 bridgehead atoms. The van der Waals surface area contributed by atoms with Gasteiger partial charge in [-0.2, -0.15) is 13.2 Å². The highest BCUT2D eigenvalue weighted by Gasteiger charge is 2.30. The lowest BCUT2D eigenvalue weighted by Crippen LogP contribution is -2.15. The first-order valence-corrected chi connectivity index (χ1v) is 9.51. The third-order valence-electron chi connectivity index (χ3n) is 4.74. The summed E-state index contributed by atoms with van der Waals surface area (Å²) in [6.45, 7) is 0. The van der Waals surface area contributed by atoms with Crippen molar-refractivity contribution >= 4 is 39.9 Å². The molecular formula is C23H14ClF3N2O2. The average Bonchev–Trinajstić information content (AvgIpc) is 3.10. The maximum atomic E-state index is 13.1. The van der Waals surface area contributed by atoms with Crippen molar-refractivity contribution in [1.82, 2.24) is 4.98 Å². The molecule has 0 aliphatic rings. The van der Waals surface area contributed by atoms with Crippen LogP contribution in [0, 0.1) is 0 Å². The molecule has 4 aromatic rings. The summed E-state index contributed by atoms with van der Waals surface area (Å²) in [5.41, 5.74) is 0.481. The molecule has 0 saturated carbocycles. The largest absolute Gasteiger partial charge is 0.416 e. The summed E-state index contributed by atoms with van der Waals surface area (Å²) in [5.74, 6) is -0.998. The Morgan fingerprint density at radius 2 is 1.55 bits per heavy atom. The third kappa shape index (κ3) is 4.18. The molecule has 0 radical (unpaired) electrons. The molecular weight excluding hydrogens is 429 g/mol. The second-order valence-electron chi connectivity index (χ2n) is 6.79. The van der Waals surface area contributed by atoms with Crippen LogP contribution in [0.4, 0.5) is 18.9 Å². The number of nitrogens with one attached hydrogen (secondary N) is 2. The molecule has 1 amide bonds.